The van der Waals surface area contributed by atoms with Gasteiger partial charge in [0.1, 0.15) is 0 Å². The Bertz CT molecular complexity index is 618. The van der Waals surface area contributed by atoms with Crippen molar-refractivity contribution in [1.29, 1.82) is 0 Å². The number of hydrogen-bond donors (Lipinski definition) is 0. The second kappa shape index (κ2) is 5.92. The van der Waals surface area contributed by atoms with Gasteiger partial charge in [0, 0.05) is 5.92 Å². The molecule has 0 saturated heterocycles. The Morgan fingerprint density at radius 2 is 1.40 bits per heavy atom. The van der Waals surface area contributed by atoms with Crippen molar-refractivity contribution < 1.29 is 0 Å². The summed E-state index contributed by atoms with van der Waals surface area (Å²) in [5, 5.41) is 0. The first kappa shape index (κ1) is 12.9. The summed E-state index contributed by atoms with van der Waals surface area (Å²) in [5.74, 6) is 0.553. The highest BCUT2D eigenvalue weighted by Crippen LogP contribution is 2.38. The predicted molar refractivity (Wildman–Crippen MR) is 87.2 cm³/mol. The van der Waals surface area contributed by atoms with Crippen LogP contribution in [-0.4, -0.2) is 0 Å². The van der Waals surface area contributed by atoms with Crippen molar-refractivity contribution in [2.45, 2.75) is 19.8 Å². The van der Waals surface area contributed by atoms with Gasteiger partial charge in [-0.25, -0.2) is 0 Å². The van der Waals surface area contributed by atoms with Crippen LogP contribution in [0.1, 0.15) is 30.9 Å². The van der Waals surface area contributed by atoms with E-state index in [2.05, 4.69) is 79.7 Å². The highest BCUT2D eigenvalue weighted by Gasteiger charge is 2.20. The van der Waals surface area contributed by atoms with Crippen molar-refractivity contribution >= 4 is 11.1 Å². The summed E-state index contributed by atoms with van der Waals surface area (Å²) in [4.78, 5) is 0. The maximum absolute atomic E-state index is 2.43. The van der Waals surface area contributed by atoms with Crippen LogP contribution in [-0.2, 0) is 0 Å². The molecule has 0 nitrogen and oxygen atoms in total. The second-order valence-corrected chi connectivity index (χ2v) is 5.35. The second-order valence-electron chi connectivity index (χ2n) is 5.35. The molecule has 1 aliphatic carbocycles. The van der Waals surface area contributed by atoms with Crippen LogP contribution in [0.4, 0.5) is 0 Å². The molecular weight excluding hydrogens is 240 g/mol. The lowest BCUT2D eigenvalue weighted by atomic mass is 9.92. The summed E-state index contributed by atoms with van der Waals surface area (Å²) >= 11 is 0. The zero-order chi connectivity index (χ0) is 13.8. The van der Waals surface area contributed by atoms with Crippen molar-refractivity contribution in [3.8, 4) is 0 Å². The zero-order valence-corrected chi connectivity index (χ0v) is 11.9. The van der Waals surface area contributed by atoms with E-state index in [4.69, 9.17) is 0 Å². The average molecular weight is 260 g/mol. The van der Waals surface area contributed by atoms with Crippen LogP contribution < -0.4 is 0 Å². The molecule has 2 aromatic carbocycles. The SMILES string of the molecule is CCCC1C=C(c2ccccc2)C=C1c1ccccc1. The molecule has 2 aromatic rings. The van der Waals surface area contributed by atoms with Crippen molar-refractivity contribution in [3.63, 3.8) is 0 Å². The molecule has 0 bridgehead atoms. The monoisotopic (exact) mass is 260 g/mol. The molecule has 0 fully saturated rings. The third-order valence-electron chi connectivity index (χ3n) is 3.91. The molecule has 100 valence electrons. The van der Waals surface area contributed by atoms with Gasteiger partial charge in [0.25, 0.3) is 0 Å². The molecule has 0 N–H and O–H groups in total. The molecule has 1 aliphatic rings. The Labute approximate surface area is 121 Å². The topological polar surface area (TPSA) is 0 Å². The summed E-state index contributed by atoms with van der Waals surface area (Å²) in [7, 11) is 0. The molecule has 0 heterocycles. The Balaban J connectivity index is 1.97. The van der Waals surface area contributed by atoms with Crippen LogP contribution in [0.3, 0.4) is 0 Å². The normalized spacial score (nSPS) is 17.8. The van der Waals surface area contributed by atoms with Gasteiger partial charge >= 0.3 is 0 Å². The third kappa shape index (κ3) is 2.60. The lowest BCUT2D eigenvalue weighted by Gasteiger charge is -2.12. The molecule has 0 aromatic heterocycles. The van der Waals surface area contributed by atoms with Crippen LogP contribution in [0, 0.1) is 5.92 Å². The van der Waals surface area contributed by atoms with Crippen molar-refractivity contribution in [3.05, 3.63) is 83.9 Å². The Morgan fingerprint density at radius 3 is 2.00 bits per heavy atom. The van der Waals surface area contributed by atoms with Gasteiger partial charge in [0.2, 0.25) is 0 Å². The molecule has 0 spiro atoms. The first-order chi connectivity index (χ1) is 9.88. The van der Waals surface area contributed by atoms with Gasteiger partial charge in [-0.3, -0.25) is 0 Å². The number of allylic oxidation sites excluding steroid dienone is 4. The van der Waals surface area contributed by atoms with Crippen LogP contribution in [0.2, 0.25) is 0 Å². The van der Waals surface area contributed by atoms with E-state index in [1.165, 1.54) is 35.1 Å². The zero-order valence-electron chi connectivity index (χ0n) is 11.9. The van der Waals surface area contributed by atoms with Gasteiger partial charge in [-0.1, -0.05) is 86.2 Å². The highest BCUT2D eigenvalue weighted by atomic mass is 14.2. The lowest BCUT2D eigenvalue weighted by molar-refractivity contribution is 0.711. The quantitative estimate of drug-likeness (QED) is 0.672. The molecular formula is C20H20. The largest absolute Gasteiger partial charge is 0.0691 e. The van der Waals surface area contributed by atoms with E-state index < -0.39 is 0 Å². The van der Waals surface area contributed by atoms with E-state index >= 15 is 0 Å². The smallest absolute Gasteiger partial charge is 0.00332 e. The summed E-state index contributed by atoms with van der Waals surface area (Å²) in [6.45, 7) is 2.26. The van der Waals surface area contributed by atoms with Crippen molar-refractivity contribution in [2.24, 2.45) is 5.92 Å². The van der Waals surface area contributed by atoms with Crippen LogP contribution in [0.15, 0.2) is 72.8 Å². The Morgan fingerprint density at radius 1 is 0.800 bits per heavy atom. The number of rotatable bonds is 4. The minimum atomic E-state index is 0.553. The number of benzene rings is 2. The standard InChI is InChI=1S/C20H20/c1-2-9-18-14-19(16-10-5-3-6-11-16)15-20(18)17-12-7-4-8-13-17/h3-8,10-15,18H,2,9H2,1H3. The van der Waals surface area contributed by atoms with Gasteiger partial charge < -0.3 is 0 Å². The fourth-order valence-corrected chi connectivity index (χ4v) is 2.92. The molecule has 0 radical (unpaired) electrons. The van der Waals surface area contributed by atoms with Gasteiger partial charge in [-0.05, 0) is 28.7 Å². The van der Waals surface area contributed by atoms with Crippen molar-refractivity contribution in [2.75, 3.05) is 0 Å². The fraction of sp³-hybridized carbons (Fsp3) is 0.200. The van der Waals surface area contributed by atoms with E-state index in [0.717, 1.165) is 0 Å². The van der Waals surface area contributed by atoms with Crippen LogP contribution in [0.5, 0.6) is 0 Å². The summed E-state index contributed by atoms with van der Waals surface area (Å²) < 4.78 is 0. The van der Waals surface area contributed by atoms with Gasteiger partial charge in [0.05, 0.1) is 0 Å². The van der Waals surface area contributed by atoms with Gasteiger partial charge in [-0.15, -0.1) is 0 Å². The molecule has 3 rings (SSSR count). The summed E-state index contributed by atoms with van der Waals surface area (Å²) in [6, 6.07) is 21.5. The fourth-order valence-electron chi connectivity index (χ4n) is 2.92. The van der Waals surface area contributed by atoms with E-state index in [-0.39, 0.29) is 0 Å². The molecule has 0 heteroatoms. The summed E-state index contributed by atoms with van der Waals surface area (Å²) in [6.07, 6.45) is 7.23. The molecule has 20 heavy (non-hydrogen) atoms. The first-order valence-electron chi connectivity index (χ1n) is 7.42. The average Bonchev–Trinajstić information content (AvgIpc) is 2.94. The highest BCUT2D eigenvalue weighted by molar-refractivity contribution is 5.90. The van der Waals surface area contributed by atoms with E-state index in [9.17, 15) is 0 Å². The van der Waals surface area contributed by atoms with Crippen LogP contribution >= 0.6 is 0 Å². The third-order valence-corrected chi connectivity index (χ3v) is 3.91. The van der Waals surface area contributed by atoms with Crippen LogP contribution in [0.25, 0.3) is 11.1 Å². The van der Waals surface area contributed by atoms with E-state index in [1.807, 2.05) is 0 Å². The summed E-state index contributed by atoms with van der Waals surface area (Å²) in [5.41, 5.74) is 5.50. The lowest BCUT2D eigenvalue weighted by Crippen LogP contribution is -1.96. The van der Waals surface area contributed by atoms with Gasteiger partial charge in [0.15, 0.2) is 0 Å². The predicted octanol–water partition coefficient (Wildman–Crippen LogP) is 5.58. The van der Waals surface area contributed by atoms with E-state index in [1.54, 1.807) is 0 Å². The molecule has 1 unspecified atom stereocenters. The minimum Gasteiger partial charge on any atom is -0.0691 e. The first-order valence-corrected chi connectivity index (χ1v) is 7.42. The van der Waals surface area contributed by atoms with Crippen molar-refractivity contribution in [1.82, 2.24) is 0 Å². The maximum Gasteiger partial charge on any atom is 0.00332 e. The van der Waals surface area contributed by atoms with E-state index in [0.29, 0.717) is 5.92 Å². The van der Waals surface area contributed by atoms with Gasteiger partial charge in [-0.2, -0.15) is 0 Å². The number of hydrogen-bond acceptors (Lipinski definition) is 0. The molecule has 1 atom stereocenters. The Hall–Kier alpha value is -2.08. The molecule has 0 saturated carbocycles. The minimum absolute atomic E-state index is 0.553. The molecule has 0 amide bonds. The molecule has 0 aliphatic heterocycles. The Kier molecular flexibility index (Phi) is 3.83. The maximum atomic E-state index is 2.43.